The lowest BCUT2D eigenvalue weighted by Crippen LogP contribution is -2.14. The molecule has 0 aliphatic rings. The number of non-ortho nitro benzene ring substituents is 1. The van der Waals surface area contributed by atoms with Crippen molar-refractivity contribution in [1.29, 1.82) is 0 Å². The maximum absolute atomic E-state index is 12.1. The molecule has 0 aromatic heterocycles. The zero-order valence-electron chi connectivity index (χ0n) is 11.2. The van der Waals surface area contributed by atoms with Gasteiger partial charge in [0.25, 0.3) is 11.6 Å². The number of ether oxygens (including phenoxy) is 1. The third-order valence-corrected chi connectivity index (χ3v) is 2.82. The Bertz CT molecular complexity index is 700. The highest BCUT2D eigenvalue weighted by Crippen LogP contribution is 2.22. The van der Waals surface area contributed by atoms with Gasteiger partial charge in [0.05, 0.1) is 17.6 Å². The van der Waals surface area contributed by atoms with Crippen LogP contribution in [0.3, 0.4) is 0 Å². The number of anilines is 2. The molecule has 0 heterocycles. The number of nitro groups is 1. The van der Waals surface area contributed by atoms with Crippen LogP contribution in [0.1, 0.15) is 10.4 Å². The number of nitrogens with zero attached hydrogens (tertiary/aromatic N) is 1. The fraction of sp³-hybridized carbons (Fsp3) is 0.0714. The number of nitrogens with two attached hydrogens (primary N) is 1. The van der Waals surface area contributed by atoms with E-state index in [1.165, 1.54) is 37.4 Å². The summed E-state index contributed by atoms with van der Waals surface area (Å²) in [6.45, 7) is 0. The molecule has 0 aliphatic carbocycles. The Kier molecular flexibility index (Phi) is 4.03. The number of methoxy groups -OCH3 is 1. The summed E-state index contributed by atoms with van der Waals surface area (Å²) in [5.74, 6) is 0.0926. The second kappa shape index (κ2) is 5.91. The molecular formula is C14H13N3O4. The Morgan fingerprint density at radius 1 is 1.29 bits per heavy atom. The van der Waals surface area contributed by atoms with Crippen LogP contribution in [0, 0.1) is 10.1 Å². The zero-order chi connectivity index (χ0) is 15.4. The van der Waals surface area contributed by atoms with E-state index in [2.05, 4.69) is 5.32 Å². The molecule has 2 aromatic carbocycles. The van der Waals surface area contributed by atoms with E-state index in [9.17, 15) is 14.9 Å². The molecule has 2 aromatic rings. The third kappa shape index (κ3) is 3.27. The molecule has 1 amide bonds. The normalized spacial score (nSPS) is 9.95. The molecule has 0 unspecified atom stereocenters. The Balaban J connectivity index is 2.22. The van der Waals surface area contributed by atoms with Crippen LogP contribution in [0.4, 0.5) is 17.1 Å². The highest BCUT2D eigenvalue weighted by atomic mass is 16.6. The Hall–Kier alpha value is -3.09. The van der Waals surface area contributed by atoms with E-state index in [0.717, 1.165) is 0 Å². The maximum atomic E-state index is 12.1. The number of hydrogen-bond donors (Lipinski definition) is 2. The molecule has 0 spiro atoms. The van der Waals surface area contributed by atoms with E-state index in [0.29, 0.717) is 11.4 Å². The zero-order valence-corrected chi connectivity index (χ0v) is 11.2. The predicted octanol–water partition coefficient (Wildman–Crippen LogP) is 2.44. The minimum absolute atomic E-state index is 0.101. The van der Waals surface area contributed by atoms with Crippen LogP contribution >= 0.6 is 0 Å². The Morgan fingerprint density at radius 2 is 2.05 bits per heavy atom. The maximum Gasteiger partial charge on any atom is 0.271 e. The Morgan fingerprint density at radius 3 is 2.67 bits per heavy atom. The summed E-state index contributed by atoms with van der Waals surface area (Å²) >= 11 is 0. The standard InChI is InChI=1S/C14H13N3O4/c1-21-11-5-6-12(13(15)8-11)14(18)16-9-3-2-4-10(7-9)17(19)20/h2-8H,15H2,1H3,(H,16,18). The third-order valence-electron chi connectivity index (χ3n) is 2.82. The molecule has 0 bridgehead atoms. The van der Waals surface area contributed by atoms with Gasteiger partial charge in [-0.2, -0.15) is 0 Å². The van der Waals surface area contributed by atoms with E-state index >= 15 is 0 Å². The van der Waals surface area contributed by atoms with Gasteiger partial charge >= 0.3 is 0 Å². The lowest BCUT2D eigenvalue weighted by atomic mass is 10.1. The first-order chi connectivity index (χ1) is 10.0. The van der Waals surface area contributed by atoms with Gasteiger partial charge in [0.2, 0.25) is 0 Å². The molecule has 108 valence electrons. The molecule has 0 fully saturated rings. The Labute approximate surface area is 120 Å². The second-order valence-corrected chi connectivity index (χ2v) is 4.21. The van der Waals surface area contributed by atoms with Crippen LogP contribution in [0.5, 0.6) is 5.75 Å². The van der Waals surface area contributed by atoms with Gasteiger partial charge in [0, 0.05) is 29.6 Å². The minimum Gasteiger partial charge on any atom is -0.497 e. The summed E-state index contributed by atoms with van der Waals surface area (Å²) in [5.41, 5.74) is 6.53. The SMILES string of the molecule is COc1ccc(C(=O)Nc2cccc([N+](=O)[O-])c2)c(N)c1. The first-order valence-electron chi connectivity index (χ1n) is 6.00. The first-order valence-corrected chi connectivity index (χ1v) is 6.00. The van der Waals surface area contributed by atoms with Gasteiger partial charge in [0.1, 0.15) is 5.75 Å². The van der Waals surface area contributed by atoms with Crippen LogP contribution < -0.4 is 15.8 Å². The van der Waals surface area contributed by atoms with Crippen LogP contribution in [0.25, 0.3) is 0 Å². The van der Waals surface area contributed by atoms with Gasteiger partial charge in [-0.05, 0) is 18.2 Å². The summed E-state index contributed by atoms with van der Waals surface area (Å²) in [4.78, 5) is 22.3. The summed E-state index contributed by atoms with van der Waals surface area (Å²) < 4.78 is 5.00. The molecule has 0 radical (unpaired) electrons. The van der Waals surface area contributed by atoms with Crippen molar-refractivity contribution in [2.24, 2.45) is 0 Å². The quantitative estimate of drug-likeness (QED) is 0.510. The first kappa shape index (κ1) is 14.3. The summed E-state index contributed by atoms with van der Waals surface area (Å²) in [6.07, 6.45) is 0. The van der Waals surface area contributed by atoms with Gasteiger partial charge in [-0.3, -0.25) is 14.9 Å². The van der Waals surface area contributed by atoms with Crippen LogP contribution in [0.2, 0.25) is 0 Å². The fourth-order valence-corrected chi connectivity index (χ4v) is 1.77. The lowest BCUT2D eigenvalue weighted by molar-refractivity contribution is -0.384. The summed E-state index contributed by atoms with van der Waals surface area (Å²) in [5, 5.41) is 13.3. The van der Waals surface area contributed by atoms with E-state index in [1.807, 2.05) is 0 Å². The van der Waals surface area contributed by atoms with Crippen molar-refractivity contribution in [2.75, 3.05) is 18.2 Å². The molecule has 7 heteroatoms. The van der Waals surface area contributed by atoms with E-state index in [1.54, 1.807) is 12.1 Å². The number of hydrogen-bond acceptors (Lipinski definition) is 5. The van der Waals surface area contributed by atoms with Crippen LogP contribution in [-0.2, 0) is 0 Å². The molecule has 0 saturated heterocycles. The molecule has 2 rings (SSSR count). The van der Waals surface area contributed by atoms with Crippen molar-refractivity contribution in [2.45, 2.75) is 0 Å². The fourth-order valence-electron chi connectivity index (χ4n) is 1.77. The number of benzene rings is 2. The smallest absolute Gasteiger partial charge is 0.271 e. The van der Waals surface area contributed by atoms with Gasteiger partial charge in [-0.25, -0.2) is 0 Å². The number of rotatable bonds is 4. The van der Waals surface area contributed by atoms with Crippen molar-refractivity contribution >= 4 is 23.0 Å². The molecule has 21 heavy (non-hydrogen) atoms. The van der Waals surface area contributed by atoms with Crippen molar-refractivity contribution in [3.05, 3.63) is 58.1 Å². The van der Waals surface area contributed by atoms with Gasteiger partial charge < -0.3 is 15.8 Å². The van der Waals surface area contributed by atoms with Crippen molar-refractivity contribution in [3.8, 4) is 5.75 Å². The van der Waals surface area contributed by atoms with Crippen molar-refractivity contribution < 1.29 is 14.5 Å². The predicted molar refractivity (Wildman–Crippen MR) is 78.5 cm³/mol. The minimum atomic E-state index is -0.530. The lowest BCUT2D eigenvalue weighted by Gasteiger charge is -2.09. The van der Waals surface area contributed by atoms with Crippen molar-refractivity contribution in [3.63, 3.8) is 0 Å². The number of nitrogen functional groups attached to an aromatic ring is 1. The molecule has 3 N–H and O–H groups in total. The average molecular weight is 287 g/mol. The van der Waals surface area contributed by atoms with Crippen molar-refractivity contribution in [1.82, 2.24) is 0 Å². The molecule has 7 nitrogen and oxygen atoms in total. The van der Waals surface area contributed by atoms with Gasteiger partial charge in [0.15, 0.2) is 0 Å². The van der Waals surface area contributed by atoms with E-state index < -0.39 is 10.8 Å². The monoisotopic (exact) mass is 287 g/mol. The molecule has 0 atom stereocenters. The van der Waals surface area contributed by atoms with Gasteiger partial charge in [-0.15, -0.1) is 0 Å². The summed E-state index contributed by atoms with van der Waals surface area (Å²) in [6, 6.07) is 10.3. The highest BCUT2D eigenvalue weighted by molar-refractivity contribution is 6.07. The highest BCUT2D eigenvalue weighted by Gasteiger charge is 2.12. The number of amides is 1. The molecule has 0 aliphatic heterocycles. The van der Waals surface area contributed by atoms with E-state index in [-0.39, 0.29) is 16.9 Å². The number of carbonyl (C=O) groups excluding carboxylic acids is 1. The molecular weight excluding hydrogens is 274 g/mol. The number of nitrogens with one attached hydrogen (secondary N) is 1. The largest absolute Gasteiger partial charge is 0.497 e. The van der Waals surface area contributed by atoms with Crippen LogP contribution in [-0.4, -0.2) is 17.9 Å². The second-order valence-electron chi connectivity index (χ2n) is 4.21. The van der Waals surface area contributed by atoms with E-state index in [4.69, 9.17) is 10.5 Å². The van der Waals surface area contributed by atoms with Crippen LogP contribution in [0.15, 0.2) is 42.5 Å². The average Bonchev–Trinajstić information content (AvgIpc) is 2.47. The topological polar surface area (TPSA) is 107 Å². The molecule has 0 saturated carbocycles. The number of nitro benzene ring substituents is 1. The number of carbonyl (C=O) groups is 1. The summed E-state index contributed by atoms with van der Waals surface area (Å²) in [7, 11) is 1.50. The van der Waals surface area contributed by atoms with Gasteiger partial charge in [-0.1, -0.05) is 6.07 Å².